The molecular formula is C13H19N5O5. The lowest BCUT2D eigenvalue weighted by atomic mass is 9.95. The van der Waals surface area contributed by atoms with Crippen LogP contribution in [0.5, 0.6) is 0 Å². The van der Waals surface area contributed by atoms with Gasteiger partial charge >= 0.3 is 0 Å². The van der Waals surface area contributed by atoms with E-state index < -0.39 is 30.6 Å². The van der Waals surface area contributed by atoms with Gasteiger partial charge in [-0.05, 0) is 6.92 Å². The van der Waals surface area contributed by atoms with Gasteiger partial charge in [0.1, 0.15) is 24.1 Å². The molecule has 0 saturated carbocycles. The molecule has 3 N–H and O–H groups in total. The van der Waals surface area contributed by atoms with Gasteiger partial charge in [0.15, 0.2) is 23.2 Å². The molecule has 23 heavy (non-hydrogen) atoms. The Morgan fingerprint density at radius 3 is 2.78 bits per heavy atom. The number of nitrogens with zero attached hydrogens (tertiary/aromatic N) is 5. The predicted molar refractivity (Wildman–Crippen MR) is 78.4 cm³/mol. The second-order valence-corrected chi connectivity index (χ2v) is 5.57. The zero-order valence-electron chi connectivity index (χ0n) is 13.0. The standard InChI is InChI=1S/C13H19N5O5/c1-13(21)7(4-19)23-12(9(13)20)18-6-16-8-10(17(2)22-3)14-5-15-11(8)18/h5-7,9,12,19-21H,4H2,1-3H3/t7-,9+,12-,13-/m1/s1. The Labute approximate surface area is 131 Å². The van der Waals surface area contributed by atoms with E-state index in [1.165, 1.54) is 36.3 Å². The topological polar surface area (TPSA) is 126 Å². The molecule has 1 fully saturated rings. The molecular weight excluding hydrogens is 306 g/mol. The smallest absolute Gasteiger partial charge is 0.183 e. The highest BCUT2D eigenvalue weighted by Gasteiger charge is 2.52. The van der Waals surface area contributed by atoms with E-state index in [2.05, 4.69) is 15.0 Å². The van der Waals surface area contributed by atoms with E-state index in [0.717, 1.165) is 0 Å². The summed E-state index contributed by atoms with van der Waals surface area (Å²) in [6.07, 6.45) is -0.314. The highest BCUT2D eigenvalue weighted by atomic mass is 16.7. The largest absolute Gasteiger partial charge is 0.394 e. The lowest BCUT2D eigenvalue weighted by molar-refractivity contribution is -0.0804. The van der Waals surface area contributed by atoms with Crippen molar-refractivity contribution in [2.24, 2.45) is 0 Å². The van der Waals surface area contributed by atoms with Crippen LogP contribution in [0, 0.1) is 0 Å². The number of aliphatic hydroxyl groups is 3. The van der Waals surface area contributed by atoms with Gasteiger partial charge in [-0.15, -0.1) is 0 Å². The molecule has 0 bridgehead atoms. The molecule has 10 nitrogen and oxygen atoms in total. The molecule has 126 valence electrons. The molecule has 0 radical (unpaired) electrons. The molecule has 0 aromatic carbocycles. The molecule has 0 aliphatic carbocycles. The molecule has 1 aliphatic heterocycles. The first kappa shape index (κ1) is 16.0. The van der Waals surface area contributed by atoms with Crippen molar-refractivity contribution in [2.45, 2.75) is 31.0 Å². The van der Waals surface area contributed by atoms with Crippen molar-refractivity contribution in [3.05, 3.63) is 12.7 Å². The van der Waals surface area contributed by atoms with Crippen molar-refractivity contribution in [1.82, 2.24) is 19.5 Å². The summed E-state index contributed by atoms with van der Waals surface area (Å²) in [5.41, 5.74) is -0.716. The van der Waals surface area contributed by atoms with Gasteiger partial charge in [-0.1, -0.05) is 0 Å². The second kappa shape index (κ2) is 5.65. The minimum atomic E-state index is -1.59. The van der Waals surface area contributed by atoms with Crippen molar-refractivity contribution in [2.75, 3.05) is 25.8 Å². The van der Waals surface area contributed by atoms with Gasteiger partial charge in [-0.2, -0.15) is 0 Å². The van der Waals surface area contributed by atoms with Crippen LogP contribution in [0.3, 0.4) is 0 Å². The van der Waals surface area contributed by atoms with Crippen LogP contribution in [0.2, 0.25) is 0 Å². The Morgan fingerprint density at radius 2 is 2.17 bits per heavy atom. The number of fused-ring (bicyclic) bond motifs is 1. The average Bonchev–Trinajstić information content (AvgIpc) is 3.06. The number of aliphatic hydroxyl groups excluding tert-OH is 2. The van der Waals surface area contributed by atoms with Gasteiger partial charge in [-0.3, -0.25) is 9.40 Å². The zero-order valence-corrected chi connectivity index (χ0v) is 13.0. The molecule has 0 spiro atoms. The van der Waals surface area contributed by atoms with E-state index in [-0.39, 0.29) is 0 Å². The number of hydroxylamine groups is 1. The van der Waals surface area contributed by atoms with Crippen LogP contribution >= 0.6 is 0 Å². The first-order chi connectivity index (χ1) is 10.9. The monoisotopic (exact) mass is 325 g/mol. The molecule has 3 rings (SSSR count). The second-order valence-electron chi connectivity index (χ2n) is 5.57. The quantitative estimate of drug-likeness (QED) is 0.596. The fourth-order valence-corrected chi connectivity index (χ4v) is 2.65. The average molecular weight is 325 g/mol. The Kier molecular flexibility index (Phi) is 3.94. The van der Waals surface area contributed by atoms with Gasteiger partial charge in [-0.25, -0.2) is 20.0 Å². The molecule has 0 amide bonds. The van der Waals surface area contributed by atoms with Crippen molar-refractivity contribution in [3.8, 4) is 0 Å². The highest BCUT2D eigenvalue weighted by Crippen LogP contribution is 2.38. The number of imidazole rings is 1. The fraction of sp³-hybridized carbons (Fsp3) is 0.615. The van der Waals surface area contributed by atoms with E-state index >= 15 is 0 Å². The molecule has 1 saturated heterocycles. The summed E-state index contributed by atoms with van der Waals surface area (Å²) in [7, 11) is 3.17. The first-order valence-corrected chi connectivity index (χ1v) is 7.04. The van der Waals surface area contributed by atoms with Gasteiger partial charge in [0.05, 0.1) is 20.0 Å². The summed E-state index contributed by atoms with van der Waals surface area (Å²) in [6.45, 7) is 0.997. The van der Waals surface area contributed by atoms with Crippen LogP contribution in [-0.4, -0.2) is 73.4 Å². The normalized spacial score (nSPS) is 31.0. The Hall–Kier alpha value is -1.85. The van der Waals surface area contributed by atoms with Crippen LogP contribution in [0.25, 0.3) is 11.2 Å². The van der Waals surface area contributed by atoms with Gasteiger partial charge in [0.2, 0.25) is 0 Å². The number of anilines is 1. The summed E-state index contributed by atoms with van der Waals surface area (Å²) in [5, 5.41) is 31.4. The third-order valence-electron chi connectivity index (χ3n) is 4.18. The van der Waals surface area contributed by atoms with E-state index in [0.29, 0.717) is 17.0 Å². The molecule has 0 unspecified atom stereocenters. The van der Waals surface area contributed by atoms with Crippen molar-refractivity contribution in [1.29, 1.82) is 0 Å². The van der Waals surface area contributed by atoms with Crippen LogP contribution < -0.4 is 5.06 Å². The molecule has 1 aliphatic rings. The van der Waals surface area contributed by atoms with Gasteiger partial charge in [0, 0.05) is 7.05 Å². The maximum atomic E-state index is 10.4. The Bertz CT molecular complexity index is 705. The van der Waals surface area contributed by atoms with Crippen molar-refractivity contribution in [3.63, 3.8) is 0 Å². The van der Waals surface area contributed by atoms with Gasteiger partial charge < -0.3 is 20.1 Å². The molecule has 10 heteroatoms. The minimum Gasteiger partial charge on any atom is -0.394 e. The maximum absolute atomic E-state index is 10.4. The van der Waals surface area contributed by atoms with Gasteiger partial charge in [0.25, 0.3) is 0 Å². The van der Waals surface area contributed by atoms with Crippen LogP contribution in [0.1, 0.15) is 13.2 Å². The SMILES string of the molecule is CON(C)c1ncnc2c1ncn2[C@@H]1O[C@H](CO)[C@@](C)(O)[C@H]1O. The van der Waals surface area contributed by atoms with Crippen molar-refractivity contribution < 1.29 is 24.9 Å². The van der Waals surface area contributed by atoms with E-state index in [4.69, 9.17) is 9.57 Å². The summed E-state index contributed by atoms with van der Waals surface area (Å²) < 4.78 is 7.08. The number of hydrogen-bond acceptors (Lipinski definition) is 9. The number of ether oxygens (including phenoxy) is 1. The third-order valence-corrected chi connectivity index (χ3v) is 4.18. The summed E-state index contributed by atoms with van der Waals surface area (Å²) in [4.78, 5) is 17.6. The van der Waals surface area contributed by atoms with E-state index in [1.54, 1.807) is 7.05 Å². The van der Waals surface area contributed by atoms with Crippen LogP contribution in [0.4, 0.5) is 5.82 Å². The van der Waals surface area contributed by atoms with E-state index in [1.807, 2.05) is 0 Å². The molecule has 2 aromatic rings. The zero-order chi connectivity index (χ0) is 16.8. The van der Waals surface area contributed by atoms with Crippen LogP contribution in [-0.2, 0) is 9.57 Å². The number of aromatic nitrogens is 4. The summed E-state index contributed by atoms with van der Waals surface area (Å²) >= 11 is 0. The lowest BCUT2D eigenvalue weighted by Crippen LogP contribution is -2.46. The molecule has 3 heterocycles. The third kappa shape index (κ3) is 2.35. The van der Waals surface area contributed by atoms with Crippen LogP contribution in [0.15, 0.2) is 12.7 Å². The molecule has 4 atom stereocenters. The lowest BCUT2D eigenvalue weighted by Gasteiger charge is -2.25. The van der Waals surface area contributed by atoms with Crippen molar-refractivity contribution >= 4 is 17.0 Å². The summed E-state index contributed by atoms with van der Waals surface area (Å²) in [6, 6.07) is 0. The number of hydrogen-bond donors (Lipinski definition) is 3. The summed E-state index contributed by atoms with van der Waals surface area (Å²) in [5.74, 6) is 0.453. The highest BCUT2D eigenvalue weighted by molar-refractivity contribution is 5.82. The molecule has 2 aromatic heterocycles. The maximum Gasteiger partial charge on any atom is 0.183 e. The number of rotatable bonds is 4. The fourth-order valence-electron chi connectivity index (χ4n) is 2.65. The Morgan fingerprint density at radius 1 is 1.43 bits per heavy atom. The minimum absolute atomic E-state index is 0.414. The first-order valence-electron chi connectivity index (χ1n) is 7.04. The van der Waals surface area contributed by atoms with E-state index in [9.17, 15) is 15.3 Å². The predicted octanol–water partition coefficient (Wildman–Crippen LogP) is -1.17. The Balaban J connectivity index is 2.05.